The third-order valence-electron chi connectivity index (χ3n) is 3.84. The van der Waals surface area contributed by atoms with Crippen LogP contribution in [0.5, 0.6) is 0 Å². The van der Waals surface area contributed by atoms with Crippen molar-refractivity contribution in [2.45, 2.75) is 39.0 Å². The van der Waals surface area contributed by atoms with Crippen molar-refractivity contribution in [2.75, 3.05) is 19.6 Å². The molecule has 3 nitrogen and oxygen atoms in total. The third-order valence-corrected chi connectivity index (χ3v) is 3.84. The quantitative estimate of drug-likeness (QED) is 0.905. The molecule has 1 aromatic rings. The first-order chi connectivity index (χ1) is 9.06. The molecule has 1 heterocycles. The van der Waals surface area contributed by atoms with Crippen LogP contribution in [0.25, 0.3) is 0 Å². The molecule has 2 rings (SSSR count). The number of nitrogens with two attached hydrogens (primary N) is 1. The topological polar surface area (TPSA) is 38.5 Å². The van der Waals surface area contributed by atoms with E-state index in [0.29, 0.717) is 18.1 Å². The molecule has 0 spiro atoms. The van der Waals surface area contributed by atoms with Crippen LogP contribution in [0, 0.1) is 5.92 Å². The fourth-order valence-electron chi connectivity index (χ4n) is 2.96. The number of morpholine rings is 1. The van der Waals surface area contributed by atoms with Crippen molar-refractivity contribution in [3.63, 3.8) is 0 Å². The normalized spacial score (nSPS) is 28.0. The van der Waals surface area contributed by atoms with Gasteiger partial charge in [-0.1, -0.05) is 37.3 Å². The average Bonchev–Trinajstić information content (AvgIpc) is 2.37. The second-order valence-electron chi connectivity index (χ2n) is 5.89. The second kappa shape index (κ2) is 6.51. The number of rotatable bonds is 4. The highest BCUT2D eigenvalue weighted by molar-refractivity contribution is 5.19. The molecule has 1 aromatic carbocycles. The number of hydrogen-bond acceptors (Lipinski definition) is 3. The first kappa shape index (κ1) is 14.5. The molecule has 3 heteroatoms. The lowest BCUT2D eigenvalue weighted by Crippen LogP contribution is -2.47. The molecule has 1 aliphatic rings. The minimum atomic E-state index is 0.106. The number of benzene rings is 1. The van der Waals surface area contributed by atoms with Gasteiger partial charge in [-0.3, -0.25) is 4.90 Å². The van der Waals surface area contributed by atoms with Crippen LogP contribution in [0.2, 0.25) is 0 Å². The Morgan fingerprint density at radius 1 is 1.21 bits per heavy atom. The van der Waals surface area contributed by atoms with Gasteiger partial charge in [0.1, 0.15) is 0 Å². The number of hydrogen-bond donors (Lipinski definition) is 1. The van der Waals surface area contributed by atoms with Gasteiger partial charge in [0.05, 0.1) is 12.2 Å². The summed E-state index contributed by atoms with van der Waals surface area (Å²) in [5.74, 6) is 0.444. The molecule has 0 aromatic heterocycles. The minimum Gasteiger partial charge on any atom is -0.373 e. The van der Waals surface area contributed by atoms with Gasteiger partial charge in [-0.15, -0.1) is 0 Å². The van der Waals surface area contributed by atoms with Crippen LogP contribution >= 0.6 is 0 Å². The molecule has 106 valence electrons. The van der Waals surface area contributed by atoms with Crippen molar-refractivity contribution in [2.24, 2.45) is 11.7 Å². The van der Waals surface area contributed by atoms with E-state index in [1.807, 2.05) is 6.07 Å². The molecule has 4 atom stereocenters. The Bertz CT molecular complexity index is 372. The van der Waals surface area contributed by atoms with Crippen molar-refractivity contribution in [3.05, 3.63) is 35.9 Å². The maximum atomic E-state index is 6.37. The molecule has 0 bridgehead atoms. The van der Waals surface area contributed by atoms with E-state index in [-0.39, 0.29) is 6.04 Å². The Balaban J connectivity index is 1.91. The molecule has 1 aliphatic heterocycles. The van der Waals surface area contributed by atoms with Crippen molar-refractivity contribution >= 4 is 0 Å². The van der Waals surface area contributed by atoms with Gasteiger partial charge < -0.3 is 10.5 Å². The molecule has 1 saturated heterocycles. The van der Waals surface area contributed by atoms with Crippen LogP contribution in [-0.2, 0) is 4.74 Å². The molecule has 1 fully saturated rings. The Labute approximate surface area is 116 Å². The maximum absolute atomic E-state index is 6.37. The largest absolute Gasteiger partial charge is 0.373 e. The zero-order chi connectivity index (χ0) is 13.8. The molecule has 2 N–H and O–H groups in total. The summed E-state index contributed by atoms with van der Waals surface area (Å²) in [6, 6.07) is 10.5. The van der Waals surface area contributed by atoms with Gasteiger partial charge in [-0.25, -0.2) is 0 Å². The molecule has 0 aliphatic carbocycles. The van der Waals surface area contributed by atoms with E-state index in [2.05, 4.69) is 49.9 Å². The van der Waals surface area contributed by atoms with Gasteiger partial charge in [0, 0.05) is 25.7 Å². The molecular formula is C16H26N2O. The summed E-state index contributed by atoms with van der Waals surface area (Å²) in [6.07, 6.45) is 0.646. The summed E-state index contributed by atoms with van der Waals surface area (Å²) >= 11 is 0. The van der Waals surface area contributed by atoms with Gasteiger partial charge in [0.2, 0.25) is 0 Å². The van der Waals surface area contributed by atoms with Crippen LogP contribution in [0.4, 0.5) is 0 Å². The monoisotopic (exact) mass is 262 g/mol. The van der Waals surface area contributed by atoms with Gasteiger partial charge in [0.15, 0.2) is 0 Å². The van der Waals surface area contributed by atoms with E-state index in [4.69, 9.17) is 10.5 Å². The van der Waals surface area contributed by atoms with E-state index in [1.54, 1.807) is 0 Å². The van der Waals surface area contributed by atoms with E-state index in [9.17, 15) is 0 Å². The van der Waals surface area contributed by atoms with E-state index in [1.165, 1.54) is 5.56 Å². The number of ether oxygens (including phenoxy) is 1. The van der Waals surface area contributed by atoms with Gasteiger partial charge in [-0.2, -0.15) is 0 Å². The van der Waals surface area contributed by atoms with Crippen molar-refractivity contribution < 1.29 is 4.74 Å². The Hall–Kier alpha value is -0.900. The highest BCUT2D eigenvalue weighted by atomic mass is 16.5. The summed E-state index contributed by atoms with van der Waals surface area (Å²) in [5.41, 5.74) is 7.59. The van der Waals surface area contributed by atoms with Gasteiger partial charge in [0.25, 0.3) is 0 Å². The summed E-state index contributed by atoms with van der Waals surface area (Å²) in [7, 11) is 0. The lowest BCUT2D eigenvalue weighted by Gasteiger charge is -2.37. The van der Waals surface area contributed by atoms with Crippen LogP contribution < -0.4 is 5.73 Å². The minimum absolute atomic E-state index is 0.106. The van der Waals surface area contributed by atoms with E-state index in [0.717, 1.165) is 19.6 Å². The van der Waals surface area contributed by atoms with E-state index < -0.39 is 0 Å². The second-order valence-corrected chi connectivity index (χ2v) is 5.89. The van der Waals surface area contributed by atoms with Crippen molar-refractivity contribution in [1.29, 1.82) is 0 Å². The fraction of sp³-hybridized carbons (Fsp3) is 0.625. The van der Waals surface area contributed by atoms with Crippen molar-refractivity contribution in [3.8, 4) is 0 Å². The first-order valence-electron chi connectivity index (χ1n) is 7.24. The Kier molecular flexibility index (Phi) is 4.97. The molecule has 19 heavy (non-hydrogen) atoms. The van der Waals surface area contributed by atoms with Crippen LogP contribution in [0.3, 0.4) is 0 Å². The molecule has 0 radical (unpaired) electrons. The smallest absolute Gasteiger partial charge is 0.0678 e. The highest BCUT2D eigenvalue weighted by Crippen LogP contribution is 2.21. The first-order valence-corrected chi connectivity index (χ1v) is 7.24. The van der Waals surface area contributed by atoms with Gasteiger partial charge >= 0.3 is 0 Å². The average molecular weight is 262 g/mol. The zero-order valence-electron chi connectivity index (χ0n) is 12.3. The molecule has 0 saturated carbocycles. The molecule has 2 unspecified atom stereocenters. The number of nitrogens with zero attached hydrogens (tertiary/aromatic N) is 1. The summed E-state index contributed by atoms with van der Waals surface area (Å²) in [4.78, 5) is 2.48. The lowest BCUT2D eigenvalue weighted by atomic mass is 9.94. The van der Waals surface area contributed by atoms with Crippen LogP contribution in [0.1, 0.15) is 32.4 Å². The molecule has 0 amide bonds. The van der Waals surface area contributed by atoms with E-state index >= 15 is 0 Å². The predicted molar refractivity (Wildman–Crippen MR) is 79.0 cm³/mol. The summed E-state index contributed by atoms with van der Waals surface area (Å²) in [6.45, 7) is 9.58. The van der Waals surface area contributed by atoms with Gasteiger partial charge in [-0.05, 0) is 25.3 Å². The van der Waals surface area contributed by atoms with Crippen LogP contribution in [-0.4, -0.2) is 36.7 Å². The predicted octanol–water partition coefficient (Wildman–Crippen LogP) is 2.43. The maximum Gasteiger partial charge on any atom is 0.0678 e. The highest BCUT2D eigenvalue weighted by Gasteiger charge is 2.25. The zero-order valence-corrected chi connectivity index (χ0v) is 12.3. The Morgan fingerprint density at radius 2 is 1.79 bits per heavy atom. The van der Waals surface area contributed by atoms with Crippen LogP contribution in [0.15, 0.2) is 30.3 Å². The summed E-state index contributed by atoms with van der Waals surface area (Å²) < 4.78 is 5.77. The Morgan fingerprint density at radius 3 is 2.37 bits per heavy atom. The lowest BCUT2D eigenvalue weighted by molar-refractivity contribution is -0.0716. The summed E-state index contributed by atoms with van der Waals surface area (Å²) in [5, 5.41) is 0. The van der Waals surface area contributed by atoms with Crippen molar-refractivity contribution in [1.82, 2.24) is 4.90 Å². The molecular weight excluding hydrogens is 236 g/mol. The SMILES string of the molecule is CC(CN1C[C@@H](C)O[C@@H](C)C1)C(N)c1ccccc1. The fourth-order valence-corrected chi connectivity index (χ4v) is 2.96. The third kappa shape index (κ3) is 4.03. The standard InChI is InChI=1S/C16H26N2O/c1-12(16(17)15-7-5-4-6-8-15)9-18-10-13(2)19-14(3)11-18/h4-8,12-14,16H,9-11,17H2,1-3H3/t12?,13-,14+,16?.